The molecule has 5 nitrogen and oxygen atoms in total. The molecule has 2 N–H and O–H groups in total. The molecule has 1 aliphatic carbocycles. The molecule has 1 saturated carbocycles. The van der Waals surface area contributed by atoms with Crippen LogP contribution in [0.4, 0.5) is 0 Å². The van der Waals surface area contributed by atoms with Gasteiger partial charge in [0.05, 0.1) is 11.3 Å². The lowest BCUT2D eigenvalue weighted by Gasteiger charge is -2.11. The van der Waals surface area contributed by atoms with Crippen molar-refractivity contribution in [3.63, 3.8) is 0 Å². The van der Waals surface area contributed by atoms with Gasteiger partial charge in [0.15, 0.2) is 0 Å². The molecule has 17 heavy (non-hydrogen) atoms. The van der Waals surface area contributed by atoms with E-state index in [2.05, 4.69) is 10.3 Å². The van der Waals surface area contributed by atoms with Crippen molar-refractivity contribution < 1.29 is 14.7 Å². The zero-order valence-electron chi connectivity index (χ0n) is 9.78. The Morgan fingerprint density at radius 3 is 2.53 bits per heavy atom. The average molecular weight is 234 g/mol. The first-order valence-corrected chi connectivity index (χ1v) is 5.45. The van der Waals surface area contributed by atoms with Gasteiger partial charge in [-0.1, -0.05) is 0 Å². The van der Waals surface area contributed by atoms with Crippen LogP contribution in [-0.4, -0.2) is 27.5 Å². The van der Waals surface area contributed by atoms with Gasteiger partial charge < -0.3 is 10.4 Å². The average Bonchev–Trinajstić information content (AvgIpc) is 2.95. The number of aromatic nitrogens is 1. The Morgan fingerprint density at radius 1 is 1.41 bits per heavy atom. The standard InChI is InChI=1S/C12H14N2O3/c1-7-8(11(16)17)3-4-9(13-7)10(15)14-12(2)5-6-12/h3-4H,5-6H2,1-2H3,(H,14,15)(H,16,17). The van der Waals surface area contributed by atoms with Crippen LogP contribution in [0.25, 0.3) is 0 Å². The van der Waals surface area contributed by atoms with Crippen LogP contribution in [0.1, 0.15) is 46.3 Å². The number of hydrogen-bond acceptors (Lipinski definition) is 3. The summed E-state index contributed by atoms with van der Waals surface area (Å²) in [6.07, 6.45) is 1.95. The van der Waals surface area contributed by atoms with Crippen molar-refractivity contribution in [3.8, 4) is 0 Å². The number of nitrogens with one attached hydrogen (secondary N) is 1. The number of pyridine rings is 1. The van der Waals surface area contributed by atoms with Crippen LogP contribution >= 0.6 is 0 Å². The number of aryl methyl sites for hydroxylation is 1. The topological polar surface area (TPSA) is 79.3 Å². The number of hydrogen-bond donors (Lipinski definition) is 2. The molecule has 1 aliphatic rings. The molecular weight excluding hydrogens is 220 g/mol. The van der Waals surface area contributed by atoms with Crippen molar-refractivity contribution in [2.45, 2.75) is 32.2 Å². The van der Waals surface area contributed by atoms with E-state index in [0.29, 0.717) is 5.69 Å². The summed E-state index contributed by atoms with van der Waals surface area (Å²) >= 11 is 0. The van der Waals surface area contributed by atoms with Gasteiger partial charge in [-0.25, -0.2) is 9.78 Å². The van der Waals surface area contributed by atoms with Crippen molar-refractivity contribution in [1.82, 2.24) is 10.3 Å². The fourth-order valence-electron chi connectivity index (χ4n) is 1.56. The fourth-order valence-corrected chi connectivity index (χ4v) is 1.56. The largest absolute Gasteiger partial charge is 0.478 e. The van der Waals surface area contributed by atoms with E-state index in [0.717, 1.165) is 12.8 Å². The predicted octanol–water partition coefficient (Wildman–Crippen LogP) is 1.37. The maximum Gasteiger partial charge on any atom is 0.337 e. The molecule has 0 unspecified atom stereocenters. The summed E-state index contributed by atoms with van der Waals surface area (Å²) in [6.45, 7) is 3.56. The molecule has 1 aromatic heterocycles. The minimum atomic E-state index is -1.03. The first kappa shape index (κ1) is 11.6. The highest BCUT2D eigenvalue weighted by Crippen LogP contribution is 2.34. The van der Waals surface area contributed by atoms with Gasteiger partial charge in [-0.3, -0.25) is 4.79 Å². The molecule has 1 amide bonds. The van der Waals surface area contributed by atoms with Crippen LogP contribution < -0.4 is 5.32 Å². The quantitative estimate of drug-likeness (QED) is 0.827. The Bertz CT molecular complexity index is 493. The highest BCUT2D eigenvalue weighted by atomic mass is 16.4. The molecular formula is C12H14N2O3. The molecule has 0 bridgehead atoms. The molecule has 90 valence electrons. The Hall–Kier alpha value is -1.91. The molecule has 0 saturated heterocycles. The number of aromatic carboxylic acids is 1. The summed E-state index contributed by atoms with van der Waals surface area (Å²) in [5, 5.41) is 11.7. The Balaban J connectivity index is 2.19. The van der Waals surface area contributed by atoms with Crippen molar-refractivity contribution in [3.05, 3.63) is 29.1 Å². The minimum Gasteiger partial charge on any atom is -0.478 e. The summed E-state index contributed by atoms with van der Waals surface area (Å²) in [5.74, 6) is -1.28. The maximum absolute atomic E-state index is 11.8. The van der Waals surface area contributed by atoms with Crippen LogP contribution in [0.5, 0.6) is 0 Å². The smallest absolute Gasteiger partial charge is 0.337 e. The Morgan fingerprint density at radius 2 is 2.06 bits per heavy atom. The molecule has 5 heteroatoms. The van der Waals surface area contributed by atoms with Gasteiger partial charge in [-0.05, 0) is 38.8 Å². The summed E-state index contributed by atoms with van der Waals surface area (Å²) in [5.41, 5.74) is 0.643. The number of amides is 1. The first-order valence-electron chi connectivity index (χ1n) is 5.45. The predicted molar refractivity (Wildman–Crippen MR) is 61.0 cm³/mol. The van der Waals surface area contributed by atoms with Gasteiger partial charge in [0.1, 0.15) is 5.69 Å². The van der Waals surface area contributed by atoms with E-state index in [9.17, 15) is 9.59 Å². The lowest BCUT2D eigenvalue weighted by molar-refractivity contribution is 0.0694. The monoisotopic (exact) mass is 234 g/mol. The second-order valence-corrected chi connectivity index (χ2v) is 4.65. The lowest BCUT2D eigenvalue weighted by atomic mass is 10.2. The zero-order valence-corrected chi connectivity index (χ0v) is 9.78. The van der Waals surface area contributed by atoms with Crippen molar-refractivity contribution in [2.24, 2.45) is 0 Å². The molecule has 0 radical (unpaired) electrons. The van der Waals surface area contributed by atoms with Crippen LogP contribution in [0.3, 0.4) is 0 Å². The van der Waals surface area contributed by atoms with Gasteiger partial charge in [0, 0.05) is 5.54 Å². The number of carbonyl (C=O) groups excluding carboxylic acids is 1. The third kappa shape index (κ3) is 2.43. The van der Waals surface area contributed by atoms with E-state index >= 15 is 0 Å². The van der Waals surface area contributed by atoms with E-state index in [1.165, 1.54) is 12.1 Å². The van der Waals surface area contributed by atoms with Crippen LogP contribution in [0.2, 0.25) is 0 Å². The minimum absolute atomic E-state index is 0.0991. The summed E-state index contributed by atoms with van der Waals surface area (Å²) in [7, 11) is 0. The van der Waals surface area contributed by atoms with Crippen LogP contribution in [0, 0.1) is 6.92 Å². The first-order chi connectivity index (χ1) is 7.91. The third-order valence-corrected chi connectivity index (χ3v) is 2.96. The highest BCUT2D eigenvalue weighted by molar-refractivity contribution is 5.95. The molecule has 0 aliphatic heterocycles. The summed E-state index contributed by atoms with van der Waals surface area (Å²) in [6, 6.07) is 2.85. The molecule has 0 spiro atoms. The number of nitrogens with zero attached hydrogens (tertiary/aromatic N) is 1. The molecule has 2 rings (SSSR count). The molecule has 0 aromatic carbocycles. The van der Waals surface area contributed by atoms with E-state index < -0.39 is 5.97 Å². The van der Waals surface area contributed by atoms with E-state index in [-0.39, 0.29) is 22.7 Å². The second-order valence-electron chi connectivity index (χ2n) is 4.65. The Labute approximate surface area is 98.9 Å². The van der Waals surface area contributed by atoms with E-state index in [4.69, 9.17) is 5.11 Å². The summed E-state index contributed by atoms with van der Waals surface area (Å²) in [4.78, 5) is 26.6. The zero-order chi connectivity index (χ0) is 12.6. The number of carboxylic acid groups (broad SMARTS) is 1. The number of carbonyl (C=O) groups is 2. The molecule has 0 atom stereocenters. The highest BCUT2D eigenvalue weighted by Gasteiger charge is 2.39. The SMILES string of the molecule is Cc1nc(C(=O)NC2(C)CC2)ccc1C(=O)O. The van der Waals surface area contributed by atoms with E-state index in [1.807, 2.05) is 6.92 Å². The molecule has 1 heterocycles. The Kier molecular flexibility index (Phi) is 2.61. The van der Waals surface area contributed by atoms with Gasteiger partial charge in [0.25, 0.3) is 5.91 Å². The van der Waals surface area contributed by atoms with Gasteiger partial charge in [-0.15, -0.1) is 0 Å². The van der Waals surface area contributed by atoms with Gasteiger partial charge in [0.2, 0.25) is 0 Å². The van der Waals surface area contributed by atoms with Gasteiger partial charge in [-0.2, -0.15) is 0 Å². The van der Waals surface area contributed by atoms with Crippen molar-refractivity contribution in [1.29, 1.82) is 0 Å². The summed E-state index contributed by atoms with van der Waals surface area (Å²) < 4.78 is 0. The molecule has 1 fully saturated rings. The van der Waals surface area contributed by atoms with Crippen molar-refractivity contribution >= 4 is 11.9 Å². The third-order valence-electron chi connectivity index (χ3n) is 2.96. The van der Waals surface area contributed by atoms with Crippen LogP contribution in [0.15, 0.2) is 12.1 Å². The van der Waals surface area contributed by atoms with E-state index in [1.54, 1.807) is 6.92 Å². The molecule has 1 aromatic rings. The van der Waals surface area contributed by atoms with Crippen molar-refractivity contribution in [2.75, 3.05) is 0 Å². The number of rotatable bonds is 3. The number of carboxylic acids is 1. The maximum atomic E-state index is 11.8. The second kappa shape index (κ2) is 3.84. The van der Waals surface area contributed by atoms with Gasteiger partial charge >= 0.3 is 5.97 Å². The fraction of sp³-hybridized carbons (Fsp3) is 0.417. The lowest BCUT2D eigenvalue weighted by Crippen LogP contribution is -2.34. The van der Waals surface area contributed by atoms with Crippen LogP contribution in [-0.2, 0) is 0 Å². The normalized spacial score (nSPS) is 16.4.